The maximum Gasteiger partial charge on any atom is 0.312 e. The lowest BCUT2D eigenvalue weighted by Gasteiger charge is -2.42. The van der Waals surface area contributed by atoms with Crippen molar-refractivity contribution in [1.29, 1.82) is 0 Å². The Morgan fingerprint density at radius 2 is 1.93 bits per heavy atom. The summed E-state index contributed by atoms with van der Waals surface area (Å²) in [5, 5.41) is 11.9. The molecular formula is C31H49N3O7. The minimum Gasteiger partial charge on any atom is -0.460 e. The van der Waals surface area contributed by atoms with Gasteiger partial charge in [-0.1, -0.05) is 25.0 Å². The van der Waals surface area contributed by atoms with Crippen LogP contribution in [0.3, 0.4) is 0 Å². The van der Waals surface area contributed by atoms with Crippen LogP contribution < -0.4 is 5.32 Å². The third kappa shape index (κ3) is 7.02. The third-order valence-corrected chi connectivity index (χ3v) is 8.48. The number of nitrogens with one attached hydrogen (secondary N) is 1. The van der Waals surface area contributed by atoms with Gasteiger partial charge in [-0.2, -0.15) is 0 Å². The van der Waals surface area contributed by atoms with Crippen molar-refractivity contribution in [3.63, 3.8) is 0 Å². The van der Waals surface area contributed by atoms with Gasteiger partial charge in [0, 0.05) is 31.7 Å². The molecule has 0 radical (unpaired) electrons. The maximum absolute atomic E-state index is 14.3. The Kier molecular flexibility index (Phi) is 11.2. The van der Waals surface area contributed by atoms with Gasteiger partial charge >= 0.3 is 5.97 Å². The van der Waals surface area contributed by atoms with E-state index in [1.807, 2.05) is 20.8 Å². The van der Waals surface area contributed by atoms with Gasteiger partial charge < -0.3 is 29.7 Å². The van der Waals surface area contributed by atoms with Crippen LogP contribution in [0.5, 0.6) is 0 Å². The summed E-state index contributed by atoms with van der Waals surface area (Å²) in [6.07, 6.45) is 7.19. The number of rotatable bonds is 16. The van der Waals surface area contributed by atoms with Crippen LogP contribution in [0.15, 0.2) is 25.3 Å². The van der Waals surface area contributed by atoms with Gasteiger partial charge in [-0.3, -0.25) is 19.2 Å². The van der Waals surface area contributed by atoms with E-state index in [4.69, 9.17) is 14.6 Å². The standard InChI is InChI=1S/C31H49N3O7/c1-7-9-14-23(36)32-20-21(3)40-29(39)24-22-15-16-31(41-22)25(24)27(37)33(18-12-10-11-13-19-35)26(31)28(38)34(17-8-2)30(4,5)6/h7-8,21-22,24-26,35H,1-2,9-20H2,3-6H3,(H,32,36)/t21-,22-,24+,25+,26-,31+/m1/s1. The van der Waals surface area contributed by atoms with Crippen LogP contribution in [0.2, 0.25) is 0 Å². The molecule has 3 aliphatic heterocycles. The summed E-state index contributed by atoms with van der Waals surface area (Å²) in [6, 6.07) is -0.846. The zero-order valence-electron chi connectivity index (χ0n) is 25.2. The van der Waals surface area contributed by atoms with Gasteiger partial charge in [0.1, 0.15) is 17.7 Å². The van der Waals surface area contributed by atoms with E-state index >= 15 is 0 Å². The molecule has 2 N–H and O–H groups in total. The first-order valence-corrected chi connectivity index (χ1v) is 15.0. The number of aliphatic hydroxyl groups is 1. The molecule has 230 valence electrons. The van der Waals surface area contributed by atoms with Crippen LogP contribution in [0.4, 0.5) is 0 Å². The van der Waals surface area contributed by atoms with Gasteiger partial charge in [0.25, 0.3) is 0 Å². The fraction of sp³-hybridized carbons (Fsp3) is 0.742. The minimum atomic E-state index is -1.10. The van der Waals surface area contributed by atoms with E-state index < -0.39 is 47.2 Å². The number of ether oxygens (including phenoxy) is 2. The molecule has 0 aliphatic carbocycles. The van der Waals surface area contributed by atoms with Crippen LogP contribution in [0, 0.1) is 11.8 Å². The number of esters is 1. The molecule has 3 heterocycles. The number of nitrogens with zero attached hydrogens (tertiary/aromatic N) is 2. The summed E-state index contributed by atoms with van der Waals surface area (Å²) in [5.74, 6) is -2.74. The van der Waals surface area contributed by atoms with Crippen molar-refractivity contribution in [2.75, 3.05) is 26.2 Å². The molecule has 6 atom stereocenters. The highest BCUT2D eigenvalue weighted by Crippen LogP contribution is 2.59. The van der Waals surface area contributed by atoms with Crippen LogP contribution in [-0.2, 0) is 28.7 Å². The predicted octanol–water partition coefficient (Wildman–Crippen LogP) is 2.74. The van der Waals surface area contributed by atoms with Crippen LogP contribution >= 0.6 is 0 Å². The summed E-state index contributed by atoms with van der Waals surface area (Å²) in [7, 11) is 0. The molecule has 3 fully saturated rings. The molecule has 2 bridgehead atoms. The van der Waals surface area contributed by atoms with Gasteiger partial charge in [-0.25, -0.2) is 0 Å². The van der Waals surface area contributed by atoms with E-state index in [1.165, 1.54) is 0 Å². The molecule has 0 aromatic heterocycles. The molecule has 3 aliphatic rings. The minimum absolute atomic E-state index is 0.118. The first-order chi connectivity index (χ1) is 19.4. The van der Waals surface area contributed by atoms with E-state index in [9.17, 15) is 19.2 Å². The Morgan fingerprint density at radius 3 is 2.56 bits per heavy atom. The Morgan fingerprint density at radius 1 is 1.22 bits per heavy atom. The highest BCUT2D eigenvalue weighted by molar-refractivity contribution is 5.98. The van der Waals surface area contributed by atoms with Gasteiger partial charge in [-0.05, 0) is 59.8 Å². The second-order valence-corrected chi connectivity index (χ2v) is 12.5. The van der Waals surface area contributed by atoms with Crippen molar-refractivity contribution in [3.8, 4) is 0 Å². The zero-order chi connectivity index (χ0) is 30.4. The Balaban J connectivity index is 1.84. The van der Waals surface area contributed by atoms with E-state index in [0.29, 0.717) is 51.6 Å². The summed E-state index contributed by atoms with van der Waals surface area (Å²) in [6.45, 7) is 16.0. The average Bonchev–Trinajstić information content (AvgIpc) is 3.55. The summed E-state index contributed by atoms with van der Waals surface area (Å²) in [5.41, 5.74) is -1.61. The first kappa shape index (κ1) is 32.8. The van der Waals surface area contributed by atoms with Crippen LogP contribution in [0.25, 0.3) is 0 Å². The maximum atomic E-state index is 14.3. The average molecular weight is 576 g/mol. The Hall–Kier alpha value is -2.72. The van der Waals surface area contributed by atoms with Crippen molar-refractivity contribution in [1.82, 2.24) is 15.1 Å². The lowest BCUT2D eigenvalue weighted by atomic mass is 9.70. The number of hydrogen-bond acceptors (Lipinski definition) is 7. The second-order valence-electron chi connectivity index (χ2n) is 12.5. The van der Waals surface area contributed by atoms with Gasteiger partial charge in [-0.15, -0.1) is 13.2 Å². The van der Waals surface area contributed by atoms with Crippen molar-refractivity contribution < 1.29 is 33.8 Å². The highest BCUT2D eigenvalue weighted by atomic mass is 16.6. The molecular weight excluding hydrogens is 526 g/mol. The molecule has 41 heavy (non-hydrogen) atoms. The molecule has 10 nitrogen and oxygen atoms in total. The predicted molar refractivity (Wildman–Crippen MR) is 155 cm³/mol. The quantitative estimate of drug-likeness (QED) is 0.165. The summed E-state index contributed by atoms with van der Waals surface area (Å²) in [4.78, 5) is 57.2. The first-order valence-electron chi connectivity index (χ1n) is 15.0. The molecule has 0 saturated carbocycles. The number of carbonyl (C=O) groups excluding carboxylic acids is 4. The monoisotopic (exact) mass is 575 g/mol. The largest absolute Gasteiger partial charge is 0.460 e. The lowest BCUT2D eigenvalue weighted by Crippen LogP contribution is -2.59. The fourth-order valence-electron chi connectivity index (χ4n) is 6.56. The number of likely N-dealkylation sites (tertiary alicyclic amines) is 1. The molecule has 3 rings (SSSR count). The van der Waals surface area contributed by atoms with E-state index in [0.717, 1.165) is 12.8 Å². The molecule has 0 unspecified atom stereocenters. The molecule has 3 saturated heterocycles. The van der Waals surface area contributed by atoms with Gasteiger partial charge in [0.05, 0.1) is 24.5 Å². The van der Waals surface area contributed by atoms with Crippen LogP contribution in [0.1, 0.15) is 79.1 Å². The smallest absolute Gasteiger partial charge is 0.312 e. The zero-order valence-corrected chi connectivity index (χ0v) is 25.2. The van der Waals surface area contributed by atoms with Gasteiger partial charge in [0.15, 0.2) is 0 Å². The number of amides is 3. The van der Waals surface area contributed by atoms with Crippen molar-refractivity contribution in [3.05, 3.63) is 25.3 Å². The number of hydrogen-bond donors (Lipinski definition) is 2. The topological polar surface area (TPSA) is 125 Å². The molecule has 3 amide bonds. The number of carbonyl (C=O) groups is 4. The number of aliphatic hydroxyl groups excluding tert-OH is 1. The number of fused-ring (bicyclic) bond motifs is 1. The molecule has 1 spiro atoms. The summed E-state index contributed by atoms with van der Waals surface area (Å²) < 4.78 is 12.2. The number of allylic oxidation sites excluding steroid dienone is 1. The Labute approximate surface area is 244 Å². The summed E-state index contributed by atoms with van der Waals surface area (Å²) >= 11 is 0. The molecule has 0 aromatic rings. The van der Waals surface area contributed by atoms with Crippen LogP contribution in [-0.4, -0.2) is 94.2 Å². The lowest BCUT2D eigenvalue weighted by molar-refractivity contribution is -0.159. The SMILES string of the molecule is C=CCCC(=O)NC[C@@H](C)OC(=O)[C@@H]1[C@H]2C(=O)N(CCCCCCO)[C@H](C(=O)N(CC=C)C(C)(C)C)[C@]23CC[C@H]1O3. The second kappa shape index (κ2) is 14.0. The normalized spacial score (nSPS) is 27.3. The van der Waals surface area contributed by atoms with Crippen molar-refractivity contribution in [2.24, 2.45) is 11.8 Å². The van der Waals surface area contributed by atoms with Crippen molar-refractivity contribution >= 4 is 23.7 Å². The molecule has 10 heteroatoms. The highest BCUT2D eigenvalue weighted by Gasteiger charge is 2.75. The number of unbranched alkanes of at least 4 members (excludes halogenated alkanes) is 3. The fourth-order valence-corrected chi connectivity index (χ4v) is 6.56. The molecule has 0 aromatic carbocycles. The van der Waals surface area contributed by atoms with Gasteiger partial charge in [0.2, 0.25) is 17.7 Å². The van der Waals surface area contributed by atoms with E-state index in [-0.39, 0.29) is 30.9 Å². The Bertz CT molecular complexity index is 993. The van der Waals surface area contributed by atoms with Crippen molar-refractivity contribution in [2.45, 2.75) is 108 Å². The van der Waals surface area contributed by atoms with E-state index in [1.54, 1.807) is 28.9 Å². The van der Waals surface area contributed by atoms with E-state index in [2.05, 4.69) is 18.5 Å². The third-order valence-electron chi connectivity index (χ3n) is 8.48.